The minimum Gasteiger partial charge on any atom is -0.465 e. The van der Waals surface area contributed by atoms with Gasteiger partial charge < -0.3 is 14.6 Å². The van der Waals surface area contributed by atoms with Crippen molar-refractivity contribution in [3.63, 3.8) is 0 Å². The zero-order valence-electron chi connectivity index (χ0n) is 20.9. The molecule has 2 atom stereocenters. The summed E-state index contributed by atoms with van der Waals surface area (Å²) >= 11 is 0. The summed E-state index contributed by atoms with van der Waals surface area (Å²) in [4.78, 5) is 29.5. The Labute approximate surface area is 217 Å². The number of pyridine rings is 1. The van der Waals surface area contributed by atoms with Crippen molar-refractivity contribution in [3.05, 3.63) is 88.8 Å². The van der Waals surface area contributed by atoms with Crippen LogP contribution in [-0.2, 0) is 17.7 Å². The number of aryl methyl sites for hydroxylation is 1. The topological polar surface area (TPSA) is 73.2 Å². The van der Waals surface area contributed by atoms with Gasteiger partial charge in [-0.1, -0.05) is 30.4 Å². The van der Waals surface area contributed by atoms with Gasteiger partial charge in [0.1, 0.15) is 12.3 Å². The second-order valence-corrected chi connectivity index (χ2v) is 9.12. The first-order valence-electron chi connectivity index (χ1n) is 12.1. The number of alkyl halides is 4. The predicted molar refractivity (Wildman–Crippen MR) is 134 cm³/mol. The summed E-state index contributed by atoms with van der Waals surface area (Å²) in [5.41, 5.74) is 1.96. The van der Waals surface area contributed by atoms with E-state index < -0.39 is 36.3 Å². The second kappa shape index (κ2) is 11.2. The van der Waals surface area contributed by atoms with Crippen LogP contribution < -0.4 is 5.32 Å². The molecular formula is C28H27F4N3O3. The van der Waals surface area contributed by atoms with Crippen LogP contribution in [0.4, 0.5) is 17.6 Å². The molecule has 3 aromatic rings. The lowest BCUT2D eigenvalue weighted by atomic mass is 9.89. The highest BCUT2D eigenvalue weighted by Crippen LogP contribution is 2.33. The third kappa shape index (κ3) is 5.79. The Hall–Kier alpha value is -3.95. The van der Waals surface area contributed by atoms with Crippen molar-refractivity contribution >= 4 is 22.9 Å². The fourth-order valence-corrected chi connectivity index (χ4v) is 4.58. The van der Waals surface area contributed by atoms with Crippen molar-refractivity contribution in [3.8, 4) is 0 Å². The number of methoxy groups -OCH3 is 1. The molecule has 1 aliphatic rings. The zero-order chi connectivity index (χ0) is 27.4. The van der Waals surface area contributed by atoms with E-state index in [1.165, 1.54) is 19.3 Å². The van der Waals surface area contributed by atoms with Crippen LogP contribution >= 0.6 is 0 Å². The average Bonchev–Trinajstić information content (AvgIpc) is 3.28. The first-order chi connectivity index (χ1) is 18.1. The normalized spacial score (nSPS) is 16.3. The zero-order valence-corrected chi connectivity index (χ0v) is 20.9. The molecule has 0 saturated carbocycles. The molecule has 0 fully saturated rings. The van der Waals surface area contributed by atoms with Gasteiger partial charge in [0.2, 0.25) is 0 Å². The van der Waals surface area contributed by atoms with E-state index in [2.05, 4.69) is 10.3 Å². The van der Waals surface area contributed by atoms with Gasteiger partial charge in [-0.3, -0.25) is 4.79 Å². The summed E-state index contributed by atoms with van der Waals surface area (Å²) in [7, 11) is 1.29. The van der Waals surface area contributed by atoms with Gasteiger partial charge in [0, 0.05) is 17.8 Å². The molecule has 0 spiro atoms. The van der Waals surface area contributed by atoms with E-state index in [1.807, 2.05) is 0 Å². The summed E-state index contributed by atoms with van der Waals surface area (Å²) in [5, 5.41) is 3.48. The van der Waals surface area contributed by atoms with Gasteiger partial charge in [-0.2, -0.15) is 13.2 Å². The number of ether oxygens (including phenoxy) is 1. The van der Waals surface area contributed by atoms with Crippen molar-refractivity contribution in [1.29, 1.82) is 0 Å². The van der Waals surface area contributed by atoms with Crippen molar-refractivity contribution in [2.45, 2.75) is 38.5 Å². The molecule has 38 heavy (non-hydrogen) atoms. The van der Waals surface area contributed by atoms with Crippen molar-refractivity contribution in [2.24, 2.45) is 5.92 Å². The molecule has 1 amide bonds. The number of carbonyl (C=O) groups is 2. The molecule has 2 heterocycles. The lowest BCUT2D eigenvalue weighted by Gasteiger charge is -2.19. The van der Waals surface area contributed by atoms with Crippen LogP contribution in [0, 0.1) is 5.92 Å². The smallest absolute Gasteiger partial charge is 0.416 e. The van der Waals surface area contributed by atoms with Gasteiger partial charge in [0.25, 0.3) is 5.91 Å². The predicted octanol–water partition coefficient (Wildman–Crippen LogP) is 5.89. The molecule has 1 unspecified atom stereocenters. The summed E-state index contributed by atoms with van der Waals surface area (Å²) < 4.78 is 58.5. The monoisotopic (exact) mass is 529 g/mol. The van der Waals surface area contributed by atoms with Crippen LogP contribution in [0.15, 0.2) is 66.5 Å². The Morgan fingerprint density at radius 1 is 1.21 bits per heavy atom. The molecule has 6 nitrogen and oxygen atoms in total. The molecule has 0 aliphatic heterocycles. The van der Waals surface area contributed by atoms with E-state index in [0.29, 0.717) is 28.6 Å². The number of halogens is 4. The summed E-state index contributed by atoms with van der Waals surface area (Å²) in [6.07, 6.45) is 3.12. The van der Waals surface area contributed by atoms with E-state index >= 15 is 0 Å². The van der Waals surface area contributed by atoms with Crippen LogP contribution in [-0.4, -0.2) is 41.4 Å². The molecule has 10 heteroatoms. The number of rotatable bonds is 8. The molecule has 0 radical (unpaired) electrons. The first kappa shape index (κ1) is 27.1. The number of allylic oxidation sites excluding steroid dienone is 4. The molecule has 0 bridgehead atoms. The number of amides is 1. The van der Waals surface area contributed by atoms with Gasteiger partial charge in [0.15, 0.2) is 0 Å². The van der Waals surface area contributed by atoms with Gasteiger partial charge in [-0.25, -0.2) is 14.2 Å². The highest BCUT2D eigenvalue weighted by molar-refractivity contribution is 6.07. The Morgan fingerprint density at radius 2 is 1.95 bits per heavy atom. The third-order valence-electron chi connectivity index (χ3n) is 6.59. The standard InChI is InChI=1S/C28H27F4N3O3/c1-17(19-5-7-20(8-6-19)27(37)38-2)34-26(36)23-16-35(14-12-29)25-24(23)21(11-13-33-25)15-18-3-9-22(10-4-18)28(30,31)32/h3,5-11,13,16-18H,4,12,14-15H2,1-2H3,(H,34,36)/t17-,18?/m0/s1. The lowest BCUT2D eigenvalue weighted by Crippen LogP contribution is -2.26. The maximum atomic E-state index is 13.4. The minimum absolute atomic E-state index is 0.00574. The first-order valence-corrected chi connectivity index (χ1v) is 12.1. The largest absolute Gasteiger partial charge is 0.465 e. The van der Waals surface area contributed by atoms with Crippen LogP contribution in [0.1, 0.15) is 51.2 Å². The Balaban J connectivity index is 1.60. The van der Waals surface area contributed by atoms with Crippen LogP contribution in [0.2, 0.25) is 0 Å². The Bertz CT molecular complexity index is 1390. The lowest BCUT2D eigenvalue weighted by molar-refractivity contribution is -0.0887. The molecule has 1 aromatic carbocycles. The highest BCUT2D eigenvalue weighted by atomic mass is 19.4. The Kier molecular flexibility index (Phi) is 7.99. The number of carbonyl (C=O) groups excluding carboxylic acids is 2. The molecule has 200 valence electrons. The fraction of sp³-hybridized carbons (Fsp3) is 0.321. The molecule has 1 N–H and O–H groups in total. The van der Waals surface area contributed by atoms with E-state index in [-0.39, 0.29) is 18.9 Å². The van der Waals surface area contributed by atoms with E-state index in [9.17, 15) is 27.2 Å². The molecule has 2 aromatic heterocycles. The van der Waals surface area contributed by atoms with Gasteiger partial charge >= 0.3 is 12.1 Å². The number of aromatic nitrogens is 2. The van der Waals surface area contributed by atoms with Crippen molar-refractivity contribution in [2.75, 3.05) is 13.8 Å². The number of benzene rings is 1. The minimum atomic E-state index is -4.39. The summed E-state index contributed by atoms with van der Waals surface area (Å²) in [5.74, 6) is -1.06. The average molecular weight is 530 g/mol. The number of esters is 1. The van der Waals surface area contributed by atoms with Crippen molar-refractivity contribution < 1.29 is 31.9 Å². The Morgan fingerprint density at radius 3 is 2.55 bits per heavy atom. The van der Waals surface area contributed by atoms with E-state index in [4.69, 9.17) is 4.74 Å². The van der Waals surface area contributed by atoms with Gasteiger partial charge in [-0.05, 0) is 55.0 Å². The van der Waals surface area contributed by atoms with E-state index in [1.54, 1.807) is 54.2 Å². The summed E-state index contributed by atoms with van der Waals surface area (Å²) in [6, 6.07) is 7.97. The quantitative estimate of drug-likeness (QED) is 0.292. The second-order valence-electron chi connectivity index (χ2n) is 9.12. The number of hydrogen-bond donors (Lipinski definition) is 1. The van der Waals surface area contributed by atoms with Crippen LogP contribution in [0.3, 0.4) is 0 Å². The SMILES string of the molecule is COC(=O)c1ccc([C@H](C)NC(=O)c2cn(CCF)c3nccc(CC4C=CC(C(F)(F)F)=CC4)c23)cc1. The van der Waals surface area contributed by atoms with Crippen LogP contribution in [0.25, 0.3) is 11.0 Å². The molecule has 1 aliphatic carbocycles. The maximum Gasteiger partial charge on any atom is 0.416 e. The number of nitrogens with one attached hydrogen (secondary N) is 1. The fourth-order valence-electron chi connectivity index (χ4n) is 4.58. The highest BCUT2D eigenvalue weighted by Gasteiger charge is 2.33. The van der Waals surface area contributed by atoms with Crippen LogP contribution in [0.5, 0.6) is 0 Å². The number of fused-ring (bicyclic) bond motifs is 1. The van der Waals surface area contributed by atoms with E-state index in [0.717, 1.165) is 17.2 Å². The third-order valence-corrected chi connectivity index (χ3v) is 6.59. The van der Waals surface area contributed by atoms with Gasteiger partial charge in [-0.15, -0.1) is 0 Å². The maximum absolute atomic E-state index is 13.4. The number of nitrogens with zero attached hydrogens (tertiary/aromatic N) is 2. The summed E-state index contributed by atoms with van der Waals surface area (Å²) in [6.45, 7) is 1.14. The molecule has 0 saturated heterocycles. The number of hydrogen-bond acceptors (Lipinski definition) is 4. The van der Waals surface area contributed by atoms with Gasteiger partial charge in [0.05, 0.1) is 36.4 Å². The van der Waals surface area contributed by atoms with Crippen molar-refractivity contribution in [1.82, 2.24) is 14.9 Å². The molecule has 4 rings (SSSR count). The molecular weight excluding hydrogens is 502 g/mol.